The fraction of sp³-hybridized carbons (Fsp3) is 0.333. The van der Waals surface area contributed by atoms with E-state index in [9.17, 15) is 4.79 Å². The fourth-order valence-corrected chi connectivity index (χ4v) is 2.50. The van der Waals surface area contributed by atoms with Crippen LogP contribution in [0.2, 0.25) is 0 Å². The largest absolute Gasteiger partial charge is 0.395 e. The highest BCUT2D eigenvalue weighted by molar-refractivity contribution is 7.14. The van der Waals surface area contributed by atoms with Crippen molar-refractivity contribution in [1.82, 2.24) is 14.9 Å². The van der Waals surface area contributed by atoms with E-state index >= 15 is 0 Å². The van der Waals surface area contributed by atoms with E-state index < -0.39 is 0 Å². The van der Waals surface area contributed by atoms with E-state index in [1.165, 1.54) is 11.3 Å². The van der Waals surface area contributed by atoms with Crippen molar-refractivity contribution in [3.05, 3.63) is 40.6 Å². The maximum absolute atomic E-state index is 11.9. The molecule has 0 saturated carbocycles. The molecule has 0 atom stereocenters. The topological polar surface area (TPSA) is 67.2 Å². The van der Waals surface area contributed by atoms with Crippen molar-refractivity contribution in [3.63, 3.8) is 0 Å². The minimum absolute atomic E-state index is 0.0582. The highest BCUT2D eigenvalue weighted by Crippen LogP contribution is 2.15. The molecule has 2 aromatic heterocycles. The third-order valence-corrected chi connectivity index (χ3v) is 3.72. The van der Waals surface area contributed by atoms with Crippen LogP contribution in [0, 0.1) is 11.8 Å². The molecule has 0 bridgehead atoms. The summed E-state index contributed by atoms with van der Waals surface area (Å²) < 4.78 is 1.98. The van der Waals surface area contributed by atoms with E-state index in [1.807, 2.05) is 16.8 Å². The van der Waals surface area contributed by atoms with Gasteiger partial charge in [0.25, 0.3) is 5.91 Å². The van der Waals surface area contributed by atoms with Gasteiger partial charge in [-0.2, -0.15) is 0 Å². The summed E-state index contributed by atoms with van der Waals surface area (Å²) in [4.78, 5) is 17.4. The van der Waals surface area contributed by atoms with Crippen molar-refractivity contribution in [2.75, 3.05) is 13.2 Å². The van der Waals surface area contributed by atoms with Gasteiger partial charge in [-0.05, 0) is 18.6 Å². The minimum Gasteiger partial charge on any atom is -0.395 e. The van der Waals surface area contributed by atoms with E-state index in [0.717, 1.165) is 17.8 Å². The lowest BCUT2D eigenvalue weighted by molar-refractivity contribution is 0.0957. The van der Waals surface area contributed by atoms with Crippen LogP contribution in [0.1, 0.15) is 27.4 Å². The normalized spacial score (nSPS) is 9.95. The van der Waals surface area contributed by atoms with E-state index in [-0.39, 0.29) is 12.5 Å². The van der Waals surface area contributed by atoms with Crippen molar-refractivity contribution >= 4 is 17.2 Å². The predicted molar refractivity (Wildman–Crippen MR) is 82.1 cm³/mol. The third kappa shape index (κ3) is 5.06. The zero-order valence-electron chi connectivity index (χ0n) is 11.6. The molecule has 21 heavy (non-hydrogen) atoms. The molecule has 1 amide bonds. The Hall–Kier alpha value is -2.10. The van der Waals surface area contributed by atoms with Gasteiger partial charge in [0.15, 0.2) is 0 Å². The summed E-state index contributed by atoms with van der Waals surface area (Å²) in [6, 6.07) is 3.61. The van der Waals surface area contributed by atoms with Gasteiger partial charge in [-0.3, -0.25) is 4.79 Å². The Bertz CT molecular complexity index is 623. The first-order chi connectivity index (χ1) is 10.3. The number of rotatable bonds is 6. The van der Waals surface area contributed by atoms with Crippen LogP contribution in [0.25, 0.3) is 0 Å². The number of hydrogen-bond donors (Lipinski definition) is 2. The van der Waals surface area contributed by atoms with Gasteiger partial charge in [0.1, 0.15) is 0 Å². The van der Waals surface area contributed by atoms with Crippen LogP contribution in [-0.4, -0.2) is 33.7 Å². The molecule has 0 fully saturated rings. The van der Waals surface area contributed by atoms with E-state index in [2.05, 4.69) is 22.1 Å². The van der Waals surface area contributed by atoms with Gasteiger partial charge in [-0.15, -0.1) is 11.3 Å². The molecule has 0 aliphatic carbocycles. The summed E-state index contributed by atoms with van der Waals surface area (Å²) in [5, 5.41) is 11.5. The van der Waals surface area contributed by atoms with Crippen LogP contribution in [0.4, 0.5) is 0 Å². The molecule has 6 heteroatoms. The van der Waals surface area contributed by atoms with Gasteiger partial charge >= 0.3 is 0 Å². The number of aromatic nitrogens is 2. The molecular weight excluding hydrogens is 286 g/mol. The minimum atomic E-state index is -0.0687. The summed E-state index contributed by atoms with van der Waals surface area (Å²) in [5.74, 6) is 5.70. The van der Waals surface area contributed by atoms with Crippen LogP contribution < -0.4 is 5.32 Å². The summed E-state index contributed by atoms with van der Waals surface area (Å²) >= 11 is 1.36. The van der Waals surface area contributed by atoms with Gasteiger partial charge < -0.3 is 15.0 Å². The molecule has 0 unspecified atom stereocenters. The monoisotopic (exact) mass is 303 g/mol. The Kier molecular flexibility index (Phi) is 6.00. The number of nitrogens with zero attached hydrogens (tertiary/aromatic N) is 2. The molecule has 2 heterocycles. The molecule has 0 aromatic carbocycles. The lowest BCUT2D eigenvalue weighted by Gasteiger charge is -2.04. The van der Waals surface area contributed by atoms with Crippen molar-refractivity contribution in [3.8, 4) is 11.8 Å². The summed E-state index contributed by atoms with van der Waals surface area (Å²) in [5.41, 5.74) is 0. The molecule has 0 saturated heterocycles. The number of carbonyl (C=O) groups is 1. The maximum atomic E-state index is 11.9. The first-order valence-electron chi connectivity index (χ1n) is 6.73. The average Bonchev–Trinajstić information content (AvgIpc) is 3.15. The fourth-order valence-electron chi connectivity index (χ4n) is 1.70. The van der Waals surface area contributed by atoms with Gasteiger partial charge in [-0.25, -0.2) is 4.98 Å². The second-order valence-electron chi connectivity index (χ2n) is 4.35. The number of imidazole rings is 1. The van der Waals surface area contributed by atoms with Crippen molar-refractivity contribution in [2.24, 2.45) is 0 Å². The predicted octanol–water partition coefficient (Wildman–Crippen LogP) is 1.50. The lowest BCUT2D eigenvalue weighted by Crippen LogP contribution is -2.24. The molecule has 2 rings (SSSR count). The number of aryl methyl sites for hydroxylation is 1. The van der Waals surface area contributed by atoms with Crippen molar-refractivity contribution in [1.29, 1.82) is 0 Å². The summed E-state index contributed by atoms with van der Waals surface area (Å²) in [6.45, 7) is 1.52. The van der Waals surface area contributed by atoms with E-state index in [0.29, 0.717) is 17.8 Å². The quantitative estimate of drug-likeness (QED) is 0.628. The van der Waals surface area contributed by atoms with Gasteiger partial charge in [0, 0.05) is 31.9 Å². The third-order valence-electron chi connectivity index (χ3n) is 2.72. The average molecular weight is 303 g/mol. The number of amides is 1. The number of thiophene rings is 1. The molecule has 2 aromatic rings. The first-order valence-corrected chi connectivity index (χ1v) is 7.55. The number of aliphatic hydroxyl groups is 1. The van der Waals surface area contributed by atoms with E-state index in [4.69, 9.17) is 5.11 Å². The first kappa shape index (κ1) is 15.3. The zero-order chi connectivity index (χ0) is 14.9. The van der Waals surface area contributed by atoms with Gasteiger partial charge in [0.05, 0.1) is 22.7 Å². The molecule has 0 spiro atoms. The van der Waals surface area contributed by atoms with Crippen molar-refractivity contribution < 1.29 is 9.90 Å². The number of aliphatic hydroxyl groups excluding tert-OH is 1. The molecule has 0 aliphatic rings. The van der Waals surface area contributed by atoms with E-state index in [1.54, 1.807) is 18.6 Å². The van der Waals surface area contributed by atoms with Gasteiger partial charge in [-0.1, -0.05) is 11.8 Å². The zero-order valence-corrected chi connectivity index (χ0v) is 12.4. The highest BCUT2D eigenvalue weighted by atomic mass is 32.1. The van der Waals surface area contributed by atoms with Crippen LogP contribution >= 0.6 is 11.3 Å². The molecule has 2 N–H and O–H groups in total. The number of hydrogen-bond acceptors (Lipinski definition) is 4. The van der Waals surface area contributed by atoms with Crippen LogP contribution in [0.3, 0.4) is 0 Å². The molecule has 5 nitrogen and oxygen atoms in total. The second-order valence-corrected chi connectivity index (χ2v) is 5.43. The highest BCUT2D eigenvalue weighted by Gasteiger charge is 2.07. The lowest BCUT2D eigenvalue weighted by atomic mass is 10.3. The Labute approximate surface area is 127 Å². The van der Waals surface area contributed by atoms with Crippen LogP contribution in [0.5, 0.6) is 0 Å². The summed E-state index contributed by atoms with van der Waals surface area (Å²) in [7, 11) is 0. The second kappa shape index (κ2) is 8.25. The van der Waals surface area contributed by atoms with Crippen molar-refractivity contribution in [2.45, 2.75) is 19.4 Å². The Balaban J connectivity index is 1.74. The molecule has 0 radical (unpaired) electrons. The van der Waals surface area contributed by atoms with Crippen LogP contribution in [0.15, 0.2) is 30.9 Å². The molecular formula is C15H17N3O2S. The maximum Gasteiger partial charge on any atom is 0.261 e. The molecule has 110 valence electrons. The van der Waals surface area contributed by atoms with Crippen LogP contribution in [-0.2, 0) is 6.54 Å². The Morgan fingerprint density at radius 3 is 3.14 bits per heavy atom. The SMILES string of the molecule is O=C(NCCCn1ccnc1)c1ccc(C#CCCO)s1. The molecule has 0 aliphatic heterocycles. The summed E-state index contributed by atoms with van der Waals surface area (Å²) in [6.07, 6.45) is 6.71. The smallest absolute Gasteiger partial charge is 0.261 e. The van der Waals surface area contributed by atoms with Gasteiger partial charge in [0.2, 0.25) is 0 Å². The number of nitrogens with one attached hydrogen (secondary N) is 1. The standard InChI is InChI=1S/C15H17N3O2S/c19-11-2-1-4-13-5-6-14(21-13)15(20)17-7-3-9-18-10-8-16-12-18/h5-6,8,10,12,19H,2-3,7,9,11H2,(H,17,20). The number of carbonyl (C=O) groups excluding carboxylic acids is 1. The Morgan fingerprint density at radius 2 is 2.38 bits per heavy atom. The Morgan fingerprint density at radius 1 is 1.48 bits per heavy atom.